The van der Waals surface area contributed by atoms with Crippen LogP contribution < -0.4 is 0 Å². The number of benzene rings is 1. The monoisotopic (exact) mass is 256 g/mol. The van der Waals surface area contributed by atoms with E-state index in [4.69, 9.17) is 0 Å². The van der Waals surface area contributed by atoms with E-state index in [1.54, 1.807) is 0 Å². The van der Waals surface area contributed by atoms with Crippen LogP contribution in [0.15, 0.2) is 30.3 Å². The summed E-state index contributed by atoms with van der Waals surface area (Å²) in [5.41, 5.74) is 1.52. The van der Waals surface area contributed by atoms with Gasteiger partial charge < -0.3 is 0 Å². The van der Waals surface area contributed by atoms with Crippen molar-refractivity contribution in [3.8, 4) is 0 Å². The van der Waals surface area contributed by atoms with Crippen LogP contribution in [0.1, 0.15) is 9.65 Å². The van der Waals surface area contributed by atoms with Crippen LogP contribution in [0.5, 0.6) is 0 Å². The molecule has 1 unspecified atom stereocenters. The Morgan fingerprint density at radius 3 is 2.00 bits per heavy atom. The topological polar surface area (TPSA) is 0 Å². The molecule has 0 heterocycles. The number of thioether (sulfide) groups is 1. The Hall–Kier alpha value is 0.113. The van der Waals surface area contributed by atoms with Gasteiger partial charge in [-0.05, 0) is 0 Å². The van der Waals surface area contributed by atoms with E-state index in [9.17, 15) is 0 Å². The van der Waals surface area contributed by atoms with E-state index in [0.29, 0.717) is 0 Å². The summed E-state index contributed by atoms with van der Waals surface area (Å²) in [5.74, 6) is 7.44. The summed E-state index contributed by atoms with van der Waals surface area (Å²) in [6.45, 7) is 0. The average Bonchev–Trinajstić information content (AvgIpc) is 2.05. The first-order valence-electron chi connectivity index (χ1n) is 4.63. The van der Waals surface area contributed by atoms with Crippen molar-refractivity contribution in [2.75, 3.05) is 6.26 Å². The third-order valence-corrected chi connectivity index (χ3v) is 12.0. The normalized spacial score (nSPS) is 14.2. The molecule has 0 aliphatic heterocycles. The Kier molecular flexibility index (Phi) is 3.92. The van der Waals surface area contributed by atoms with Gasteiger partial charge in [-0.2, -0.15) is 0 Å². The van der Waals surface area contributed by atoms with Gasteiger partial charge in [0, 0.05) is 0 Å². The molecule has 1 atom stereocenters. The van der Waals surface area contributed by atoms with Crippen molar-refractivity contribution in [2.45, 2.75) is 21.4 Å². The van der Waals surface area contributed by atoms with Gasteiger partial charge in [0.05, 0.1) is 0 Å². The molecule has 0 spiro atoms. The summed E-state index contributed by atoms with van der Waals surface area (Å²) in [4.78, 5) is 0. The molecule has 13 heavy (non-hydrogen) atoms. The van der Waals surface area contributed by atoms with Gasteiger partial charge in [-0.15, -0.1) is 0 Å². The Morgan fingerprint density at radius 1 is 1.08 bits per heavy atom. The van der Waals surface area contributed by atoms with Gasteiger partial charge in [0.1, 0.15) is 0 Å². The van der Waals surface area contributed by atoms with E-state index in [2.05, 4.69) is 53.9 Å². The van der Waals surface area contributed by atoms with Crippen LogP contribution in [0, 0.1) is 0 Å². The molecule has 0 saturated carbocycles. The summed E-state index contributed by atoms with van der Waals surface area (Å²) in [5, 5.41) is 0. The SMILES string of the molecule is CS[CH](c1ccccc1)[Ge]([CH3])([CH3])[CH3]. The number of hydrogen-bond donors (Lipinski definition) is 0. The van der Waals surface area contributed by atoms with Gasteiger partial charge in [-0.25, -0.2) is 0 Å². The molecular weight excluding hydrogens is 237 g/mol. The van der Waals surface area contributed by atoms with E-state index in [-0.39, 0.29) is 0 Å². The Balaban J connectivity index is 2.92. The van der Waals surface area contributed by atoms with Crippen LogP contribution in [0.25, 0.3) is 0 Å². The molecular formula is C11H18GeS. The third-order valence-electron chi connectivity index (χ3n) is 2.12. The predicted octanol–water partition coefficient (Wildman–Crippen LogP) is 3.97. The van der Waals surface area contributed by atoms with Gasteiger partial charge in [-0.1, -0.05) is 0 Å². The Labute approximate surface area is 88.5 Å². The zero-order valence-corrected chi connectivity index (χ0v) is 11.8. The molecule has 0 aliphatic carbocycles. The van der Waals surface area contributed by atoms with Crippen LogP contribution in [0.3, 0.4) is 0 Å². The third kappa shape index (κ3) is 3.06. The van der Waals surface area contributed by atoms with Crippen LogP contribution in [0.4, 0.5) is 0 Å². The summed E-state index contributed by atoms with van der Waals surface area (Å²) < 4.78 is 0.779. The van der Waals surface area contributed by atoms with Crippen molar-refractivity contribution < 1.29 is 0 Å². The first-order chi connectivity index (χ1) is 6.05. The molecule has 0 bridgehead atoms. The minimum absolute atomic E-state index is 0.779. The molecule has 1 aromatic rings. The standard InChI is InChI=1S/C11H18GeS/c1-12(2,3)11(13-4)10-8-6-5-7-9-10/h5-9,11H,1-4H3. The molecule has 0 aliphatic rings. The summed E-state index contributed by atoms with van der Waals surface area (Å²) in [6, 6.07) is 10.9. The molecule has 1 aromatic carbocycles. The molecule has 2 heteroatoms. The number of hydrogen-bond acceptors (Lipinski definition) is 1. The first kappa shape index (κ1) is 11.2. The molecule has 72 valence electrons. The van der Waals surface area contributed by atoms with E-state index >= 15 is 0 Å². The second-order valence-electron chi connectivity index (χ2n) is 4.39. The van der Waals surface area contributed by atoms with Crippen molar-refractivity contribution in [2.24, 2.45) is 0 Å². The first-order valence-corrected chi connectivity index (χ1v) is 13.4. The molecule has 0 aromatic heterocycles. The second-order valence-corrected chi connectivity index (χ2v) is 17.4. The van der Waals surface area contributed by atoms with E-state index in [1.807, 2.05) is 11.8 Å². The van der Waals surface area contributed by atoms with Crippen molar-refractivity contribution in [1.29, 1.82) is 0 Å². The fourth-order valence-electron chi connectivity index (χ4n) is 1.62. The van der Waals surface area contributed by atoms with E-state index < -0.39 is 13.3 Å². The Morgan fingerprint density at radius 2 is 1.62 bits per heavy atom. The molecule has 0 radical (unpaired) electrons. The van der Waals surface area contributed by atoms with Crippen molar-refractivity contribution in [1.82, 2.24) is 0 Å². The molecule has 0 fully saturated rings. The maximum atomic E-state index is 2.48. The molecule has 0 nitrogen and oxygen atoms in total. The molecule has 1 rings (SSSR count). The van der Waals surface area contributed by atoms with Crippen LogP contribution >= 0.6 is 11.8 Å². The maximum absolute atomic E-state index is 2.48. The molecule has 0 amide bonds. The van der Waals surface area contributed by atoms with Crippen LogP contribution in [-0.4, -0.2) is 19.5 Å². The number of rotatable bonds is 3. The molecule has 0 saturated heterocycles. The summed E-state index contributed by atoms with van der Waals surface area (Å²) in [6.07, 6.45) is 2.23. The van der Waals surface area contributed by atoms with Crippen molar-refractivity contribution in [3.05, 3.63) is 35.9 Å². The Bertz CT molecular complexity index is 251. The zero-order valence-electron chi connectivity index (χ0n) is 8.87. The predicted molar refractivity (Wildman–Crippen MR) is 66.0 cm³/mol. The van der Waals surface area contributed by atoms with Crippen LogP contribution in [-0.2, 0) is 0 Å². The van der Waals surface area contributed by atoms with E-state index in [1.165, 1.54) is 5.56 Å². The summed E-state index contributed by atoms with van der Waals surface area (Å²) in [7, 11) is 0. The quantitative estimate of drug-likeness (QED) is 0.736. The van der Waals surface area contributed by atoms with Gasteiger partial charge in [0.2, 0.25) is 0 Å². The fourth-order valence-corrected chi connectivity index (χ4v) is 9.71. The minimum atomic E-state index is -1.55. The average molecular weight is 255 g/mol. The van der Waals surface area contributed by atoms with Gasteiger partial charge in [0.25, 0.3) is 0 Å². The van der Waals surface area contributed by atoms with Crippen molar-refractivity contribution in [3.63, 3.8) is 0 Å². The van der Waals surface area contributed by atoms with Crippen LogP contribution in [0.2, 0.25) is 17.3 Å². The molecule has 0 N–H and O–H groups in total. The van der Waals surface area contributed by atoms with Gasteiger partial charge in [-0.3, -0.25) is 0 Å². The van der Waals surface area contributed by atoms with Gasteiger partial charge in [0.15, 0.2) is 0 Å². The van der Waals surface area contributed by atoms with Gasteiger partial charge >= 0.3 is 88.5 Å². The van der Waals surface area contributed by atoms with E-state index in [0.717, 1.165) is 4.08 Å². The second kappa shape index (κ2) is 4.56. The summed E-state index contributed by atoms with van der Waals surface area (Å²) >= 11 is 0.459. The zero-order chi connectivity index (χ0) is 9.90. The fraction of sp³-hybridized carbons (Fsp3) is 0.455. The van der Waals surface area contributed by atoms with Crippen molar-refractivity contribution >= 4 is 25.0 Å².